The fourth-order valence-electron chi connectivity index (χ4n) is 1.65. The van der Waals surface area contributed by atoms with Crippen molar-refractivity contribution in [1.29, 1.82) is 0 Å². The van der Waals surface area contributed by atoms with Crippen molar-refractivity contribution in [3.05, 3.63) is 29.3 Å². The summed E-state index contributed by atoms with van der Waals surface area (Å²) < 4.78 is 0. The monoisotopic (exact) mass is 284 g/mol. The van der Waals surface area contributed by atoms with Crippen LogP contribution in [0.25, 0.3) is 0 Å². The van der Waals surface area contributed by atoms with Crippen LogP contribution in [0.1, 0.15) is 12.8 Å². The molecule has 19 heavy (non-hydrogen) atoms. The highest BCUT2D eigenvalue weighted by atomic mass is 35.5. The lowest BCUT2D eigenvalue weighted by molar-refractivity contribution is -0.136. The minimum Gasteiger partial charge on any atom is -0.480 e. The van der Waals surface area contributed by atoms with Crippen LogP contribution in [0.3, 0.4) is 0 Å². The molecule has 6 heteroatoms. The van der Waals surface area contributed by atoms with E-state index in [1.54, 1.807) is 31.3 Å². The van der Waals surface area contributed by atoms with Crippen LogP contribution in [-0.2, 0) is 9.59 Å². The molecule has 0 aromatic heterocycles. The van der Waals surface area contributed by atoms with Gasteiger partial charge in [0.05, 0.1) is 0 Å². The largest absolute Gasteiger partial charge is 0.480 e. The van der Waals surface area contributed by atoms with Crippen molar-refractivity contribution in [3.63, 3.8) is 0 Å². The van der Waals surface area contributed by atoms with Gasteiger partial charge in [0.1, 0.15) is 6.54 Å². The van der Waals surface area contributed by atoms with E-state index in [1.807, 2.05) is 0 Å². The van der Waals surface area contributed by atoms with Gasteiger partial charge in [-0.1, -0.05) is 17.7 Å². The molecule has 0 aliphatic heterocycles. The molecule has 1 amide bonds. The summed E-state index contributed by atoms with van der Waals surface area (Å²) in [5.74, 6) is -1.28. The number of nitrogens with zero attached hydrogens (tertiary/aromatic N) is 1. The van der Waals surface area contributed by atoms with Crippen molar-refractivity contribution in [2.24, 2.45) is 0 Å². The van der Waals surface area contributed by atoms with Gasteiger partial charge in [-0.25, -0.2) is 0 Å². The standard InChI is InChI=1S/C13H17ClN2O3/c1-15-7-3-6-12(17)16(9-13(18)19)11-5-2-4-10(14)8-11/h2,4-5,8,15H,3,6-7,9H2,1H3,(H,18,19). The van der Waals surface area contributed by atoms with Crippen LogP contribution in [-0.4, -0.2) is 37.1 Å². The molecule has 0 aliphatic carbocycles. The molecule has 0 heterocycles. The SMILES string of the molecule is CNCCCC(=O)N(CC(=O)O)c1cccc(Cl)c1. The van der Waals surface area contributed by atoms with E-state index in [0.717, 1.165) is 0 Å². The van der Waals surface area contributed by atoms with Crippen LogP contribution in [0, 0.1) is 0 Å². The number of carboxylic acids is 1. The van der Waals surface area contributed by atoms with Gasteiger partial charge in [0.25, 0.3) is 0 Å². The second-order valence-corrected chi connectivity index (χ2v) is 4.50. The molecule has 0 aliphatic rings. The smallest absolute Gasteiger partial charge is 0.323 e. The molecule has 0 spiro atoms. The Morgan fingerprint density at radius 2 is 2.16 bits per heavy atom. The number of nitrogens with one attached hydrogen (secondary N) is 1. The quantitative estimate of drug-likeness (QED) is 0.749. The van der Waals surface area contributed by atoms with E-state index in [2.05, 4.69) is 5.32 Å². The number of carbonyl (C=O) groups excluding carboxylic acids is 1. The number of carbonyl (C=O) groups is 2. The zero-order valence-corrected chi connectivity index (χ0v) is 11.5. The number of hydrogen-bond acceptors (Lipinski definition) is 3. The lowest BCUT2D eigenvalue weighted by Crippen LogP contribution is -2.35. The van der Waals surface area contributed by atoms with Crippen LogP contribution in [0.2, 0.25) is 5.02 Å². The van der Waals surface area contributed by atoms with Crippen molar-refractivity contribution < 1.29 is 14.7 Å². The number of hydrogen-bond donors (Lipinski definition) is 2. The Kier molecular flexibility index (Phi) is 6.32. The molecule has 5 nitrogen and oxygen atoms in total. The Morgan fingerprint density at radius 1 is 1.42 bits per heavy atom. The summed E-state index contributed by atoms with van der Waals surface area (Å²) in [7, 11) is 1.80. The molecule has 0 saturated carbocycles. The predicted octanol–water partition coefficient (Wildman–Crippen LogP) is 1.76. The van der Waals surface area contributed by atoms with Gasteiger partial charge in [0.15, 0.2) is 0 Å². The third-order valence-electron chi connectivity index (χ3n) is 2.53. The van der Waals surface area contributed by atoms with Crippen molar-refractivity contribution in [2.75, 3.05) is 25.0 Å². The summed E-state index contributed by atoms with van der Waals surface area (Å²) in [4.78, 5) is 24.2. The number of benzene rings is 1. The van der Waals surface area contributed by atoms with E-state index in [4.69, 9.17) is 16.7 Å². The first-order chi connectivity index (χ1) is 9.04. The second kappa shape index (κ2) is 7.76. The zero-order chi connectivity index (χ0) is 14.3. The van der Waals surface area contributed by atoms with Gasteiger partial charge >= 0.3 is 5.97 Å². The van der Waals surface area contributed by atoms with Crippen LogP contribution < -0.4 is 10.2 Å². The number of rotatable bonds is 7. The predicted molar refractivity (Wildman–Crippen MR) is 74.6 cm³/mol. The number of halogens is 1. The average Bonchev–Trinajstić information content (AvgIpc) is 2.36. The van der Waals surface area contributed by atoms with Crippen LogP contribution in [0.5, 0.6) is 0 Å². The maximum absolute atomic E-state index is 12.1. The fraction of sp³-hybridized carbons (Fsp3) is 0.385. The van der Waals surface area contributed by atoms with E-state index in [0.29, 0.717) is 30.1 Å². The first kappa shape index (κ1) is 15.5. The maximum Gasteiger partial charge on any atom is 0.323 e. The van der Waals surface area contributed by atoms with E-state index in [1.165, 1.54) is 4.90 Å². The highest BCUT2D eigenvalue weighted by Crippen LogP contribution is 2.20. The van der Waals surface area contributed by atoms with Crippen molar-refractivity contribution in [1.82, 2.24) is 5.32 Å². The lowest BCUT2D eigenvalue weighted by Gasteiger charge is -2.21. The topological polar surface area (TPSA) is 69.6 Å². The van der Waals surface area contributed by atoms with Crippen LogP contribution >= 0.6 is 11.6 Å². The summed E-state index contributed by atoms with van der Waals surface area (Å²) in [5, 5.41) is 12.3. The van der Waals surface area contributed by atoms with E-state index in [-0.39, 0.29) is 12.5 Å². The molecule has 0 radical (unpaired) electrons. The Bertz CT molecular complexity index is 451. The van der Waals surface area contributed by atoms with E-state index < -0.39 is 5.97 Å². The molecule has 0 atom stereocenters. The molecular formula is C13H17ClN2O3. The first-order valence-corrected chi connectivity index (χ1v) is 6.34. The van der Waals surface area contributed by atoms with E-state index in [9.17, 15) is 9.59 Å². The number of amides is 1. The summed E-state index contributed by atoms with van der Waals surface area (Å²) >= 11 is 5.86. The number of carboxylic acid groups (broad SMARTS) is 1. The second-order valence-electron chi connectivity index (χ2n) is 4.06. The lowest BCUT2D eigenvalue weighted by atomic mass is 10.2. The molecule has 2 N–H and O–H groups in total. The van der Waals surface area contributed by atoms with Crippen LogP contribution in [0.4, 0.5) is 5.69 Å². The molecule has 1 aromatic carbocycles. The number of aliphatic carboxylic acids is 1. The zero-order valence-electron chi connectivity index (χ0n) is 10.7. The Morgan fingerprint density at radius 3 is 2.74 bits per heavy atom. The van der Waals surface area contributed by atoms with Crippen molar-refractivity contribution in [3.8, 4) is 0 Å². The van der Waals surface area contributed by atoms with Gasteiger partial charge in [0.2, 0.25) is 5.91 Å². The highest BCUT2D eigenvalue weighted by molar-refractivity contribution is 6.30. The maximum atomic E-state index is 12.1. The average molecular weight is 285 g/mol. The number of anilines is 1. The Balaban J connectivity index is 2.82. The van der Waals surface area contributed by atoms with Crippen LogP contribution in [0.15, 0.2) is 24.3 Å². The van der Waals surface area contributed by atoms with Gasteiger partial charge in [-0.3, -0.25) is 9.59 Å². The summed E-state index contributed by atoms with van der Waals surface area (Å²) in [6, 6.07) is 6.62. The molecular weight excluding hydrogens is 268 g/mol. The Hall–Kier alpha value is -1.59. The van der Waals surface area contributed by atoms with Gasteiger partial charge in [0, 0.05) is 17.1 Å². The van der Waals surface area contributed by atoms with Gasteiger partial charge in [-0.15, -0.1) is 0 Å². The molecule has 0 bridgehead atoms. The fourth-order valence-corrected chi connectivity index (χ4v) is 1.84. The summed E-state index contributed by atoms with van der Waals surface area (Å²) in [5.41, 5.74) is 0.504. The minimum absolute atomic E-state index is 0.222. The molecule has 104 valence electrons. The van der Waals surface area contributed by atoms with Gasteiger partial charge in [-0.2, -0.15) is 0 Å². The normalized spacial score (nSPS) is 10.2. The van der Waals surface area contributed by atoms with Crippen molar-refractivity contribution >= 4 is 29.2 Å². The highest BCUT2D eigenvalue weighted by Gasteiger charge is 2.18. The Labute approximate surface area is 117 Å². The first-order valence-electron chi connectivity index (χ1n) is 5.97. The van der Waals surface area contributed by atoms with Gasteiger partial charge < -0.3 is 15.3 Å². The van der Waals surface area contributed by atoms with Gasteiger partial charge in [-0.05, 0) is 38.2 Å². The third-order valence-corrected chi connectivity index (χ3v) is 2.77. The van der Waals surface area contributed by atoms with Crippen molar-refractivity contribution in [2.45, 2.75) is 12.8 Å². The third kappa shape index (κ3) is 5.28. The summed E-state index contributed by atoms with van der Waals surface area (Å²) in [6.45, 7) is 0.348. The molecule has 0 unspecified atom stereocenters. The molecule has 0 saturated heterocycles. The summed E-state index contributed by atoms with van der Waals surface area (Å²) in [6.07, 6.45) is 0.951. The van der Waals surface area contributed by atoms with E-state index >= 15 is 0 Å². The molecule has 1 aromatic rings. The molecule has 1 rings (SSSR count). The molecule has 0 fully saturated rings. The minimum atomic E-state index is -1.05.